The van der Waals surface area contributed by atoms with E-state index in [4.69, 9.17) is 21.1 Å². The summed E-state index contributed by atoms with van der Waals surface area (Å²) in [4.78, 5) is 12.7. The van der Waals surface area contributed by atoms with Crippen molar-refractivity contribution >= 4 is 31.0 Å². The van der Waals surface area contributed by atoms with Crippen LogP contribution in [0.5, 0.6) is 11.5 Å². The van der Waals surface area contributed by atoms with Gasteiger partial charge in [0.05, 0.1) is 24.3 Å². The Labute approximate surface area is 150 Å². The third kappa shape index (κ3) is 4.72. The van der Waals surface area contributed by atoms with E-state index < -0.39 is 0 Å². The van der Waals surface area contributed by atoms with Gasteiger partial charge in [-0.1, -0.05) is 37.6 Å². The molecule has 0 aliphatic heterocycles. The number of hydrogen-bond acceptors (Lipinski definition) is 3. The Balaban J connectivity index is 2.18. The van der Waals surface area contributed by atoms with E-state index in [1.54, 1.807) is 18.2 Å². The van der Waals surface area contributed by atoms with Crippen LogP contribution in [-0.2, 0) is 0 Å². The van der Waals surface area contributed by atoms with Gasteiger partial charge >= 0.3 is 0 Å². The van der Waals surface area contributed by atoms with Crippen molar-refractivity contribution in [2.45, 2.75) is 20.8 Å². The van der Waals surface area contributed by atoms with Crippen LogP contribution < -0.4 is 14.8 Å². The zero-order valence-electron chi connectivity index (χ0n) is 14.4. The summed E-state index contributed by atoms with van der Waals surface area (Å²) in [5, 5.41) is 1.40. The second-order valence-electron chi connectivity index (χ2n) is 5.95. The summed E-state index contributed by atoms with van der Waals surface area (Å²) in [5.41, 5.74) is 1.45. The van der Waals surface area contributed by atoms with Gasteiger partial charge in [0.2, 0.25) is 0 Å². The highest BCUT2D eigenvalue weighted by Crippen LogP contribution is 2.33. The van der Waals surface area contributed by atoms with Gasteiger partial charge in [-0.25, -0.2) is 0 Å². The SMILES string of the molecule is COc1cccc(Cl)c1C(=O)Pc1ccc(OCC(C)C)cc1C. The van der Waals surface area contributed by atoms with Crippen molar-refractivity contribution in [1.29, 1.82) is 0 Å². The first kappa shape index (κ1) is 18.8. The molecule has 0 aromatic heterocycles. The quantitative estimate of drug-likeness (QED) is 0.660. The van der Waals surface area contributed by atoms with Crippen molar-refractivity contribution < 1.29 is 14.3 Å². The number of ether oxygens (including phenoxy) is 2. The summed E-state index contributed by atoms with van der Waals surface area (Å²) in [5.74, 6) is 1.81. The number of methoxy groups -OCH3 is 1. The number of halogens is 1. The molecule has 2 aromatic rings. The Hall–Kier alpha value is -1.57. The van der Waals surface area contributed by atoms with Crippen molar-refractivity contribution in [3.63, 3.8) is 0 Å². The Morgan fingerprint density at radius 2 is 2.00 bits per heavy atom. The van der Waals surface area contributed by atoms with Crippen molar-refractivity contribution in [1.82, 2.24) is 0 Å². The van der Waals surface area contributed by atoms with E-state index in [1.165, 1.54) is 7.11 Å². The summed E-state index contributed by atoms with van der Waals surface area (Å²) in [6, 6.07) is 11.1. The summed E-state index contributed by atoms with van der Waals surface area (Å²) in [6.45, 7) is 6.88. The number of hydrogen-bond donors (Lipinski definition) is 0. The second kappa shape index (κ2) is 8.50. The highest BCUT2D eigenvalue weighted by molar-refractivity contribution is 7.66. The maximum Gasteiger partial charge on any atom is 0.190 e. The topological polar surface area (TPSA) is 35.5 Å². The molecule has 3 nitrogen and oxygen atoms in total. The molecule has 0 fully saturated rings. The lowest BCUT2D eigenvalue weighted by Gasteiger charge is -2.13. The maximum atomic E-state index is 12.7. The van der Waals surface area contributed by atoms with Crippen molar-refractivity contribution in [3.8, 4) is 11.5 Å². The minimum Gasteiger partial charge on any atom is -0.496 e. The van der Waals surface area contributed by atoms with Crippen LogP contribution in [0.3, 0.4) is 0 Å². The monoisotopic (exact) mass is 364 g/mol. The standard InChI is InChI=1S/C19H22ClO3P/c1-12(2)11-23-14-8-9-17(13(3)10-14)24-19(21)18-15(20)6-5-7-16(18)22-4/h5-10,12,24H,11H2,1-4H3. The van der Waals surface area contributed by atoms with Crippen molar-refractivity contribution in [2.75, 3.05) is 13.7 Å². The first-order valence-corrected chi connectivity index (χ1v) is 9.17. The molecule has 128 valence electrons. The fourth-order valence-electron chi connectivity index (χ4n) is 2.21. The number of benzene rings is 2. The summed E-state index contributed by atoms with van der Waals surface area (Å²) in [7, 11) is 1.52. The number of carbonyl (C=O) groups is 1. The van der Waals surface area contributed by atoms with Crippen LogP contribution in [0, 0.1) is 12.8 Å². The van der Waals surface area contributed by atoms with E-state index in [-0.39, 0.29) is 14.1 Å². The zero-order valence-corrected chi connectivity index (χ0v) is 16.1. The van der Waals surface area contributed by atoms with Gasteiger partial charge in [0, 0.05) is 0 Å². The molecule has 0 aliphatic carbocycles. The molecule has 0 bridgehead atoms. The molecular formula is C19H22ClO3P. The smallest absolute Gasteiger partial charge is 0.190 e. The van der Waals surface area contributed by atoms with Gasteiger partial charge in [0.15, 0.2) is 5.52 Å². The van der Waals surface area contributed by atoms with Crippen LogP contribution in [0.25, 0.3) is 0 Å². The molecule has 2 rings (SSSR count). The molecular weight excluding hydrogens is 343 g/mol. The Morgan fingerprint density at radius 3 is 2.62 bits per heavy atom. The van der Waals surface area contributed by atoms with Crippen LogP contribution in [-0.4, -0.2) is 19.2 Å². The average Bonchev–Trinajstić information content (AvgIpc) is 2.54. The van der Waals surface area contributed by atoms with Gasteiger partial charge in [-0.2, -0.15) is 0 Å². The molecule has 1 atom stereocenters. The van der Waals surface area contributed by atoms with E-state index in [0.717, 1.165) is 16.6 Å². The Morgan fingerprint density at radius 1 is 1.25 bits per heavy atom. The van der Waals surface area contributed by atoms with E-state index in [1.807, 2.05) is 25.1 Å². The van der Waals surface area contributed by atoms with E-state index in [0.29, 0.717) is 28.9 Å². The predicted molar refractivity (Wildman–Crippen MR) is 102 cm³/mol. The third-order valence-corrected chi connectivity index (χ3v) is 5.07. The van der Waals surface area contributed by atoms with Gasteiger partial charge in [0.1, 0.15) is 11.5 Å². The van der Waals surface area contributed by atoms with Crippen LogP contribution in [0.2, 0.25) is 5.02 Å². The largest absolute Gasteiger partial charge is 0.496 e. The lowest BCUT2D eigenvalue weighted by molar-refractivity contribution is 0.108. The fraction of sp³-hybridized carbons (Fsp3) is 0.316. The molecule has 0 radical (unpaired) electrons. The van der Waals surface area contributed by atoms with Gasteiger partial charge < -0.3 is 9.47 Å². The highest BCUT2D eigenvalue weighted by atomic mass is 35.5. The van der Waals surface area contributed by atoms with Gasteiger partial charge in [-0.05, 0) is 56.6 Å². The van der Waals surface area contributed by atoms with Crippen molar-refractivity contribution in [3.05, 3.63) is 52.5 Å². The lowest BCUT2D eigenvalue weighted by atomic mass is 10.2. The van der Waals surface area contributed by atoms with Gasteiger partial charge in [-0.15, -0.1) is 0 Å². The fourth-order valence-corrected chi connectivity index (χ4v) is 3.60. The number of aryl methyl sites for hydroxylation is 1. The average molecular weight is 365 g/mol. The Bertz CT molecular complexity index is 729. The molecule has 1 unspecified atom stereocenters. The molecule has 0 saturated carbocycles. The first-order valence-electron chi connectivity index (χ1n) is 7.79. The summed E-state index contributed by atoms with van der Waals surface area (Å²) >= 11 is 6.19. The Kier molecular flexibility index (Phi) is 6.65. The third-order valence-electron chi connectivity index (χ3n) is 3.45. The van der Waals surface area contributed by atoms with E-state index in [2.05, 4.69) is 13.8 Å². The zero-order chi connectivity index (χ0) is 17.7. The highest BCUT2D eigenvalue weighted by Gasteiger charge is 2.17. The molecule has 0 saturated heterocycles. The van der Waals surface area contributed by atoms with Crippen molar-refractivity contribution in [2.24, 2.45) is 5.92 Å². The molecule has 0 aliphatic rings. The van der Waals surface area contributed by atoms with Crippen LogP contribution in [0.1, 0.15) is 29.8 Å². The van der Waals surface area contributed by atoms with Crippen LogP contribution in [0.15, 0.2) is 36.4 Å². The molecule has 24 heavy (non-hydrogen) atoms. The minimum atomic E-state index is -0.0311. The first-order chi connectivity index (χ1) is 11.4. The molecule has 5 heteroatoms. The van der Waals surface area contributed by atoms with E-state index >= 15 is 0 Å². The lowest BCUT2D eigenvalue weighted by Crippen LogP contribution is -2.09. The molecule has 0 amide bonds. The number of carbonyl (C=O) groups excluding carboxylic acids is 1. The minimum absolute atomic E-state index is 0.0148. The molecule has 2 aromatic carbocycles. The second-order valence-corrected chi connectivity index (χ2v) is 7.60. The predicted octanol–water partition coefficient (Wildman–Crippen LogP) is 4.84. The molecule has 0 N–H and O–H groups in total. The summed E-state index contributed by atoms with van der Waals surface area (Å²) in [6.07, 6.45) is 0. The van der Waals surface area contributed by atoms with E-state index in [9.17, 15) is 4.79 Å². The van der Waals surface area contributed by atoms with Gasteiger partial charge in [0.25, 0.3) is 0 Å². The van der Waals surface area contributed by atoms with Crippen LogP contribution in [0.4, 0.5) is 0 Å². The van der Waals surface area contributed by atoms with Crippen LogP contribution >= 0.6 is 20.2 Å². The molecule has 0 spiro atoms. The van der Waals surface area contributed by atoms with Gasteiger partial charge in [-0.3, -0.25) is 4.79 Å². The maximum absolute atomic E-state index is 12.7. The number of rotatable bonds is 7. The normalized spacial score (nSPS) is 11.2. The summed E-state index contributed by atoms with van der Waals surface area (Å²) < 4.78 is 11.0. The molecule has 0 heterocycles.